The Hall–Kier alpha value is -3.62. The average Bonchev–Trinajstić information content (AvgIpc) is 3.03. The molecule has 0 aliphatic carbocycles. The molecule has 0 spiro atoms. The lowest BCUT2D eigenvalue weighted by atomic mass is 10.2. The number of piperazine rings is 1. The highest BCUT2D eigenvalue weighted by Crippen LogP contribution is 2.26. The monoisotopic (exact) mass is 440 g/mol. The molecular formula is C23H25FN4O4. The van der Waals surface area contributed by atoms with E-state index in [1.54, 1.807) is 18.9 Å². The molecule has 0 N–H and O–H groups in total. The van der Waals surface area contributed by atoms with Gasteiger partial charge in [-0.1, -0.05) is 0 Å². The van der Waals surface area contributed by atoms with Gasteiger partial charge in [0, 0.05) is 37.6 Å². The van der Waals surface area contributed by atoms with Crippen LogP contribution in [0.4, 0.5) is 20.6 Å². The molecule has 2 aliphatic heterocycles. The Morgan fingerprint density at radius 3 is 2.16 bits per heavy atom. The minimum Gasteiger partial charge on any atom is -0.497 e. The number of rotatable bonds is 5. The van der Waals surface area contributed by atoms with E-state index in [0.717, 1.165) is 16.3 Å². The number of urea groups is 1. The Morgan fingerprint density at radius 2 is 1.56 bits per heavy atom. The van der Waals surface area contributed by atoms with Gasteiger partial charge >= 0.3 is 6.03 Å². The standard InChI is InChI=1S/C23H25FN4O4/c1-16-22(30)27(23(31)28(16)19-5-3-17(24)4-6-19)15-21(29)26-13-11-25(12-14-26)18-7-9-20(32-2)10-8-18/h3-10,16H,11-15H2,1-2H3. The van der Waals surface area contributed by atoms with Crippen molar-refractivity contribution in [2.45, 2.75) is 13.0 Å². The van der Waals surface area contributed by atoms with Crippen molar-refractivity contribution >= 4 is 29.2 Å². The van der Waals surface area contributed by atoms with Crippen molar-refractivity contribution in [3.05, 3.63) is 54.3 Å². The molecule has 8 nitrogen and oxygen atoms in total. The predicted molar refractivity (Wildman–Crippen MR) is 117 cm³/mol. The fourth-order valence-corrected chi connectivity index (χ4v) is 4.05. The van der Waals surface area contributed by atoms with Crippen LogP contribution in [-0.4, -0.2) is 73.5 Å². The molecular weight excluding hydrogens is 415 g/mol. The molecule has 2 saturated heterocycles. The van der Waals surface area contributed by atoms with Gasteiger partial charge < -0.3 is 14.5 Å². The molecule has 32 heavy (non-hydrogen) atoms. The third-order valence-corrected chi connectivity index (χ3v) is 5.92. The zero-order valence-corrected chi connectivity index (χ0v) is 18.0. The summed E-state index contributed by atoms with van der Waals surface area (Å²) in [5, 5.41) is 0. The molecule has 2 heterocycles. The number of halogens is 1. The number of imide groups is 1. The lowest BCUT2D eigenvalue weighted by Crippen LogP contribution is -2.52. The van der Waals surface area contributed by atoms with Crippen LogP contribution < -0.4 is 14.5 Å². The zero-order chi connectivity index (χ0) is 22.8. The van der Waals surface area contributed by atoms with Gasteiger partial charge in [-0.3, -0.25) is 19.4 Å². The van der Waals surface area contributed by atoms with Crippen LogP contribution in [0, 0.1) is 5.82 Å². The van der Waals surface area contributed by atoms with Crippen LogP contribution in [0.15, 0.2) is 48.5 Å². The quantitative estimate of drug-likeness (QED) is 0.668. The van der Waals surface area contributed by atoms with Gasteiger partial charge in [0.1, 0.15) is 24.2 Å². The molecule has 4 rings (SSSR count). The number of hydrogen-bond donors (Lipinski definition) is 0. The van der Waals surface area contributed by atoms with E-state index < -0.39 is 23.8 Å². The number of nitrogens with zero attached hydrogens (tertiary/aromatic N) is 4. The maximum absolute atomic E-state index is 13.2. The second-order valence-electron chi connectivity index (χ2n) is 7.80. The summed E-state index contributed by atoms with van der Waals surface area (Å²) < 4.78 is 18.4. The van der Waals surface area contributed by atoms with Crippen LogP contribution in [0.1, 0.15) is 6.92 Å². The summed E-state index contributed by atoms with van der Waals surface area (Å²) in [5.41, 5.74) is 1.46. The Kier molecular flexibility index (Phi) is 5.98. The van der Waals surface area contributed by atoms with Gasteiger partial charge in [0.15, 0.2) is 0 Å². The first-order valence-electron chi connectivity index (χ1n) is 10.5. The molecule has 2 aromatic carbocycles. The summed E-state index contributed by atoms with van der Waals surface area (Å²) in [6.07, 6.45) is 0. The van der Waals surface area contributed by atoms with E-state index in [4.69, 9.17) is 4.74 Å². The number of hydrogen-bond acceptors (Lipinski definition) is 5. The van der Waals surface area contributed by atoms with Crippen molar-refractivity contribution in [1.29, 1.82) is 0 Å². The predicted octanol–water partition coefficient (Wildman–Crippen LogP) is 2.34. The van der Waals surface area contributed by atoms with Gasteiger partial charge in [0.05, 0.1) is 7.11 Å². The Morgan fingerprint density at radius 1 is 0.969 bits per heavy atom. The highest BCUT2D eigenvalue weighted by molar-refractivity contribution is 6.15. The third-order valence-electron chi connectivity index (χ3n) is 5.92. The second-order valence-corrected chi connectivity index (χ2v) is 7.80. The highest BCUT2D eigenvalue weighted by Gasteiger charge is 2.44. The van der Waals surface area contributed by atoms with Crippen LogP contribution >= 0.6 is 0 Å². The molecule has 0 radical (unpaired) electrons. The molecule has 168 valence electrons. The number of methoxy groups -OCH3 is 1. The van der Waals surface area contributed by atoms with Crippen LogP contribution in [0.5, 0.6) is 5.75 Å². The number of anilines is 2. The van der Waals surface area contributed by atoms with E-state index in [1.165, 1.54) is 29.2 Å². The van der Waals surface area contributed by atoms with Crippen molar-refractivity contribution < 1.29 is 23.5 Å². The number of carbonyl (C=O) groups is 3. The van der Waals surface area contributed by atoms with Gasteiger partial charge in [0.25, 0.3) is 5.91 Å². The van der Waals surface area contributed by atoms with Crippen molar-refractivity contribution in [1.82, 2.24) is 9.80 Å². The maximum Gasteiger partial charge on any atom is 0.332 e. The molecule has 2 aliphatic rings. The minimum absolute atomic E-state index is 0.269. The fourth-order valence-electron chi connectivity index (χ4n) is 4.05. The van der Waals surface area contributed by atoms with E-state index in [-0.39, 0.29) is 12.5 Å². The van der Waals surface area contributed by atoms with Crippen molar-refractivity contribution in [3.8, 4) is 5.75 Å². The molecule has 0 saturated carbocycles. The summed E-state index contributed by atoms with van der Waals surface area (Å²) in [7, 11) is 1.62. The Bertz CT molecular complexity index is 1000. The lowest BCUT2D eigenvalue weighted by Gasteiger charge is -2.36. The molecule has 0 aromatic heterocycles. The topological polar surface area (TPSA) is 73.4 Å². The van der Waals surface area contributed by atoms with E-state index in [0.29, 0.717) is 31.9 Å². The number of carbonyl (C=O) groups excluding carboxylic acids is 3. The lowest BCUT2D eigenvalue weighted by molar-refractivity contribution is -0.137. The van der Waals surface area contributed by atoms with Crippen molar-refractivity contribution in [3.63, 3.8) is 0 Å². The normalized spacial score (nSPS) is 19.0. The zero-order valence-electron chi connectivity index (χ0n) is 18.0. The van der Waals surface area contributed by atoms with Crippen LogP contribution in [0.25, 0.3) is 0 Å². The van der Waals surface area contributed by atoms with Gasteiger partial charge in [0.2, 0.25) is 5.91 Å². The van der Waals surface area contributed by atoms with Gasteiger partial charge in [-0.15, -0.1) is 0 Å². The Labute approximate surface area is 185 Å². The summed E-state index contributed by atoms with van der Waals surface area (Å²) in [5.74, 6) is -0.356. The molecule has 1 atom stereocenters. The molecule has 2 fully saturated rings. The van der Waals surface area contributed by atoms with E-state index >= 15 is 0 Å². The first-order valence-corrected chi connectivity index (χ1v) is 10.5. The highest BCUT2D eigenvalue weighted by atomic mass is 19.1. The van der Waals surface area contributed by atoms with E-state index in [2.05, 4.69) is 4.90 Å². The maximum atomic E-state index is 13.2. The first-order chi connectivity index (χ1) is 15.4. The SMILES string of the molecule is COc1ccc(N2CCN(C(=O)CN3C(=O)C(C)N(c4ccc(F)cc4)C3=O)CC2)cc1. The van der Waals surface area contributed by atoms with E-state index in [1.807, 2.05) is 24.3 Å². The smallest absolute Gasteiger partial charge is 0.332 e. The molecule has 2 aromatic rings. The third kappa shape index (κ3) is 4.10. The summed E-state index contributed by atoms with van der Waals surface area (Å²) in [6.45, 7) is 3.59. The fraction of sp³-hybridized carbons (Fsp3) is 0.348. The van der Waals surface area contributed by atoms with Crippen LogP contribution in [0.2, 0.25) is 0 Å². The van der Waals surface area contributed by atoms with Crippen LogP contribution in [-0.2, 0) is 9.59 Å². The molecule has 0 bridgehead atoms. The Balaban J connectivity index is 1.37. The summed E-state index contributed by atoms with van der Waals surface area (Å²) >= 11 is 0. The van der Waals surface area contributed by atoms with E-state index in [9.17, 15) is 18.8 Å². The molecule has 9 heteroatoms. The van der Waals surface area contributed by atoms with Crippen LogP contribution in [0.3, 0.4) is 0 Å². The van der Waals surface area contributed by atoms with Gasteiger partial charge in [-0.25, -0.2) is 9.18 Å². The average molecular weight is 440 g/mol. The summed E-state index contributed by atoms with van der Waals surface area (Å²) in [4.78, 5) is 44.5. The second kappa shape index (κ2) is 8.86. The number of benzene rings is 2. The van der Waals surface area contributed by atoms with Crippen molar-refractivity contribution in [2.75, 3.05) is 49.6 Å². The number of ether oxygens (including phenoxy) is 1. The summed E-state index contributed by atoms with van der Waals surface area (Å²) in [6, 6.07) is 11.8. The van der Waals surface area contributed by atoms with Gasteiger partial charge in [-0.2, -0.15) is 0 Å². The van der Waals surface area contributed by atoms with Gasteiger partial charge in [-0.05, 0) is 55.5 Å². The number of amides is 4. The minimum atomic E-state index is -0.757. The first kappa shape index (κ1) is 21.6. The molecule has 1 unspecified atom stereocenters. The van der Waals surface area contributed by atoms with Crippen molar-refractivity contribution in [2.24, 2.45) is 0 Å². The molecule has 4 amide bonds. The largest absolute Gasteiger partial charge is 0.497 e.